The summed E-state index contributed by atoms with van der Waals surface area (Å²) < 4.78 is 8.33. The Balaban J connectivity index is 0.000000173. The molecule has 0 bridgehead atoms. The van der Waals surface area contributed by atoms with E-state index in [9.17, 15) is 0 Å². The Bertz CT molecular complexity index is 831. The van der Waals surface area contributed by atoms with Gasteiger partial charge in [-0.25, -0.2) is 0 Å². The molecule has 0 fully saturated rings. The molecule has 0 aromatic heterocycles. The molecule has 1 heterocycles. The van der Waals surface area contributed by atoms with Crippen molar-refractivity contribution in [3.05, 3.63) is 83.4 Å². The van der Waals surface area contributed by atoms with Crippen LogP contribution >= 0.6 is 0 Å². The molecule has 0 spiro atoms. The van der Waals surface area contributed by atoms with Crippen molar-refractivity contribution in [1.29, 1.82) is 4.78 Å². The summed E-state index contributed by atoms with van der Waals surface area (Å²) in [5.41, 5.74) is 6.37. The van der Waals surface area contributed by atoms with Crippen LogP contribution in [-0.2, 0) is 10.7 Å². The predicted molar refractivity (Wildman–Crippen MR) is 108 cm³/mol. The minimum Gasteiger partial charge on any atom is -0.343 e. The smallest absolute Gasteiger partial charge is 0.0559 e. The number of hydrogen-bond donors (Lipinski definition) is 1. The molecule has 0 atom stereocenters. The third kappa shape index (κ3) is 3.67. The van der Waals surface area contributed by atoms with Crippen molar-refractivity contribution in [2.45, 2.75) is 30.6 Å². The maximum absolute atomic E-state index is 8.33. The first-order valence-corrected chi connectivity index (χ1v) is 9.62. The van der Waals surface area contributed by atoms with E-state index in [1.165, 1.54) is 16.7 Å². The molecule has 128 valence electrons. The highest BCUT2D eigenvalue weighted by atomic mass is 32.2. The summed E-state index contributed by atoms with van der Waals surface area (Å²) in [5.74, 6) is 0. The molecule has 0 saturated heterocycles. The molecule has 25 heavy (non-hydrogen) atoms. The zero-order valence-electron chi connectivity index (χ0n) is 15.2. The Morgan fingerprint density at radius 3 is 1.44 bits per heavy atom. The van der Waals surface area contributed by atoms with Crippen LogP contribution in [0.15, 0.2) is 76.5 Å². The third-order valence-electron chi connectivity index (χ3n) is 4.26. The van der Waals surface area contributed by atoms with Gasteiger partial charge in [-0.1, -0.05) is 59.2 Å². The Morgan fingerprint density at radius 1 is 0.680 bits per heavy atom. The summed E-state index contributed by atoms with van der Waals surface area (Å²) in [4.78, 5) is 4.40. The molecular weight excluding hydrogens is 324 g/mol. The molecule has 0 saturated carbocycles. The first-order chi connectivity index (χ1) is 12.0. The number of para-hydroxylation sites is 2. The molecule has 0 aliphatic carbocycles. The average Bonchev–Trinajstić information content (AvgIpc) is 2.59. The normalized spacial score (nSPS) is 12.7. The van der Waals surface area contributed by atoms with Crippen LogP contribution in [0.2, 0.25) is 0 Å². The van der Waals surface area contributed by atoms with E-state index in [2.05, 4.69) is 75.2 Å². The molecule has 4 rings (SSSR count). The fourth-order valence-corrected chi connectivity index (χ4v) is 4.76. The highest BCUT2D eigenvalue weighted by Gasteiger charge is 2.22. The van der Waals surface area contributed by atoms with E-state index in [0.29, 0.717) is 0 Å². The number of benzene rings is 3. The van der Waals surface area contributed by atoms with Gasteiger partial charge in [0.15, 0.2) is 0 Å². The largest absolute Gasteiger partial charge is 0.343 e. The molecule has 2 nitrogen and oxygen atoms in total. The van der Waals surface area contributed by atoms with Crippen molar-refractivity contribution < 1.29 is 0 Å². The van der Waals surface area contributed by atoms with Crippen LogP contribution in [0, 0.1) is 25.6 Å². The monoisotopic (exact) mass is 348 g/mol. The maximum atomic E-state index is 8.33. The lowest BCUT2D eigenvalue weighted by Crippen LogP contribution is -2.18. The van der Waals surface area contributed by atoms with Crippen molar-refractivity contribution in [2.75, 3.05) is 11.9 Å². The number of rotatable bonds is 0. The van der Waals surface area contributed by atoms with E-state index < -0.39 is 10.7 Å². The van der Waals surface area contributed by atoms with Crippen molar-refractivity contribution >= 4 is 22.1 Å². The lowest BCUT2D eigenvalue weighted by atomic mass is 10.1. The summed E-state index contributed by atoms with van der Waals surface area (Å²) in [7, 11) is 1.51. The number of fused-ring (bicyclic) bond motifs is 2. The summed E-state index contributed by atoms with van der Waals surface area (Å²) in [6.07, 6.45) is 0. The maximum Gasteiger partial charge on any atom is 0.0559 e. The van der Waals surface area contributed by atoms with Crippen LogP contribution in [-0.4, -0.2) is 7.05 Å². The van der Waals surface area contributed by atoms with Crippen molar-refractivity contribution in [2.24, 2.45) is 0 Å². The SMILES string of the molecule is CN1c2ccccc2S(=N)c2ccccc21.Cc1cc(C)cc(C)c1. The van der Waals surface area contributed by atoms with Crippen LogP contribution in [0.1, 0.15) is 16.7 Å². The average molecular weight is 349 g/mol. The molecule has 0 radical (unpaired) electrons. The summed E-state index contributed by atoms with van der Waals surface area (Å²) >= 11 is 0. The number of nitrogens with zero attached hydrogens (tertiary/aromatic N) is 1. The molecule has 1 N–H and O–H groups in total. The molecule has 3 aromatic carbocycles. The molecular formula is C22H24N2S. The van der Waals surface area contributed by atoms with Gasteiger partial charge in [0, 0.05) is 16.8 Å². The second kappa shape index (κ2) is 7.24. The highest BCUT2D eigenvalue weighted by molar-refractivity contribution is 7.86. The van der Waals surface area contributed by atoms with E-state index in [0.717, 1.165) is 21.2 Å². The summed E-state index contributed by atoms with van der Waals surface area (Å²) in [6, 6.07) is 22.9. The van der Waals surface area contributed by atoms with Gasteiger partial charge < -0.3 is 4.90 Å². The number of anilines is 2. The quantitative estimate of drug-likeness (QED) is 0.516. The second-order valence-electron chi connectivity index (χ2n) is 6.47. The first-order valence-electron chi connectivity index (χ1n) is 8.39. The standard InChI is InChI=1S/C13H12N2S.C9H12/c1-15-10-6-2-4-8-12(10)16(14)13-9-5-3-7-11(13)15;1-7-4-8(2)6-9(3)5-7/h2-9,14H,1H3;4-6H,1-3H3. The van der Waals surface area contributed by atoms with Gasteiger partial charge in [-0.15, -0.1) is 0 Å². The van der Waals surface area contributed by atoms with Gasteiger partial charge in [0.2, 0.25) is 0 Å². The van der Waals surface area contributed by atoms with Gasteiger partial charge in [-0.05, 0) is 55.7 Å². The molecule has 3 heteroatoms. The van der Waals surface area contributed by atoms with E-state index in [-0.39, 0.29) is 0 Å². The van der Waals surface area contributed by atoms with Crippen LogP contribution < -0.4 is 4.90 Å². The Kier molecular flexibility index (Phi) is 5.05. The van der Waals surface area contributed by atoms with Crippen molar-refractivity contribution in [1.82, 2.24) is 0 Å². The lowest BCUT2D eigenvalue weighted by Gasteiger charge is -2.30. The first kappa shape index (κ1) is 17.4. The third-order valence-corrected chi connectivity index (χ3v) is 5.83. The Hall–Kier alpha value is -2.39. The Labute approximate surface area is 153 Å². The summed E-state index contributed by atoms with van der Waals surface area (Å²) in [5, 5.41) is 0. The molecule has 1 aliphatic rings. The zero-order chi connectivity index (χ0) is 18.0. The fraction of sp³-hybridized carbons (Fsp3) is 0.182. The minimum atomic E-state index is -0.552. The van der Waals surface area contributed by atoms with Gasteiger partial charge in [0.1, 0.15) is 0 Å². The zero-order valence-corrected chi connectivity index (χ0v) is 16.0. The highest BCUT2D eigenvalue weighted by Crippen LogP contribution is 2.40. The molecule has 3 aromatic rings. The Morgan fingerprint density at radius 2 is 1.04 bits per heavy atom. The van der Waals surface area contributed by atoms with Crippen molar-refractivity contribution in [3.63, 3.8) is 0 Å². The number of aryl methyl sites for hydroxylation is 3. The van der Waals surface area contributed by atoms with Gasteiger partial charge in [-0.3, -0.25) is 4.78 Å². The van der Waals surface area contributed by atoms with Crippen molar-refractivity contribution in [3.8, 4) is 0 Å². The molecule has 0 amide bonds. The molecule has 0 unspecified atom stereocenters. The van der Waals surface area contributed by atoms with Crippen LogP contribution in [0.3, 0.4) is 0 Å². The fourth-order valence-electron chi connectivity index (χ4n) is 3.26. The van der Waals surface area contributed by atoms with E-state index in [1.54, 1.807) is 0 Å². The van der Waals surface area contributed by atoms with Crippen LogP contribution in [0.4, 0.5) is 11.4 Å². The van der Waals surface area contributed by atoms with E-state index >= 15 is 0 Å². The van der Waals surface area contributed by atoms with Gasteiger partial charge >= 0.3 is 0 Å². The summed E-state index contributed by atoms with van der Waals surface area (Å²) in [6.45, 7) is 6.38. The molecule has 1 aliphatic heterocycles. The predicted octanol–water partition coefficient (Wildman–Crippen LogP) is 6.18. The minimum absolute atomic E-state index is 0.552. The van der Waals surface area contributed by atoms with Crippen LogP contribution in [0.25, 0.3) is 0 Å². The van der Waals surface area contributed by atoms with E-state index in [4.69, 9.17) is 4.78 Å². The van der Waals surface area contributed by atoms with Gasteiger partial charge in [-0.2, -0.15) is 0 Å². The number of nitrogens with one attached hydrogen (secondary N) is 1. The van der Waals surface area contributed by atoms with Crippen LogP contribution in [0.5, 0.6) is 0 Å². The van der Waals surface area contributed by atoms with E-state index in [1.807, 2.05) is 24.3 Å². The lowest BCUT2D eigenvalue weighted by molar-refractivity contribution is 1.10. The number of hydrogen-bond acceptors (Lipinski definition) is 2. The second-order valence-corrected chi connectivity index (χ2v) is 7.96. The van der Waals surface area contributed by atoms with Gasteiger partial charge in [0.25, 0.3) is 0 Å². The topological polar surface area (TPSA) is 27.1 Å². The van der Waals surface area contributed by atoms with Gasteiger partial charge in [0.05, 0.1) is 11.4 Å².